The van der Waals surface area contributed by atoms with E-state index in [-0.39, 0.29) is 0 Å². The van der Waals surface area contributed by atoms with Gasteiger partial charge in [-0.15, -0.1) is 0 Å². The normalized spacial score (nSPS) is 20.0. The molecular formula is C5H10N2O4S2. The zero-order valence-corrected chi connectivity index (χ0v) is 8.51. The molecule has 0 aromatic rings. The van der Waals surface area contributed by atoms with Gasteiger partial charge in [-0.2, -0.15) is 16.1 Å². The molecule has 1 saturated heterocycles. The fourth-order valence-corrected chi connectivity index (χ4v) is 3.34. The van der Waals surface area contributed by atoms with Gasteiger partial charge in [0.2, 0.25) is 0 Å². The molecule has 1 rings (SSSR count). The maximum absolute atomic E-state index is 11.3. The highest BCUT2D eigenvalue weighted by molar-refractivity contribution is 7.99. The molecule has 0 spiro atoms. The van der Waals surface area contributed by atoms with Crippen LogP contribution in [0.5, 0.6) is 0 Å². The fraction of sp³-hybridized carbons (Fsp3) is 1.00. The summed E-state index contributed by atoms with van der Waals surface area (Å²) in [7, 11) is -3.66. The molecule has 0 atom stereocenters. The van der Waals surface area contributed by atoms with Gasteiger partial charge in [0.15, 0.2) is 0 Å². The van der Waals surface area contributed by atoms with Crippen LogP contribution < -0.4 is 0 Å². The fourth-order valence-electron chi connectivity index (χ4n) is 1.04. The predicted octanol–water partition coefficient (Wildman–Crippen LogP) is -0.401. The summed E-state index contributed by atoms with van der Waals surface area (Å²) in [6, 6.07) is 0. The highest BCUT2D eigenvalue weighted by Crippen LogP contribution is 2.13. The molecule has 0 amide bonds. The summed E-state index contributed by atoms with van der Waals surface area (Å²) in [6.07, 6.45) is 0. The van der Waals surface area contributed by atoms with Crippen LogP contribution in [0.3, 0.4) is 0 Å². The van der Waals surface area contributed by atoms with E-state index in [1.165, 1.54) is 4.31 Å². The first-order chi connectivity index (χ1) is 6.02. The van der Waals surface area contributed by atoms with Crippen molar-refractivity contribution in [2.24, 2.45) is 0 Å². The van der Waals surface area contributed by atoms with Gasteiger partial charge in [0, 0.05) is 29.5 Å². The van der Waals surface area contributed by atoms with Crippen molar-refractivity contribution in [3.8, 4) is 0 Å². The summed E-state index contributed by atoms with van der Waals surface area (Å²) in [6.45, 7) is 0.779. The summed E-state index contributed by atoms with van der Waals surface area (Å²) >= 11 is 1.66. The minimum atomic E-state index is -3.66. The third-order valence-electron chi connectivity index (χ3n) is 1.63. The number of sulfonamides is 1. The summed E-state index contributed by atoms with van der Waals surface area (Å²) in [5, 5.41) is 10.1. The average molecular weight is 226 g/mol. The van der Waals surface area contributed by atoms with Crippen LogP contribution in [-0.4, -0.2) is 48.1 Å². The molecule has 0 aromatic carbocycles. The minimum absolute atomic E-state index is 0.390. The monoisotopic (exact) mass is 226 g/mol. The van der Waals surface area contributed by atoms with E-state index in [2.05, 4.69) is 0 Å². The predicted molar refractivity (Wildman–Crippen MR) is 49.7 cm³/mol. The van der Waals surface area contributed by atoms with E-state index in [0.717, 1.165) is 11.5 Å². The molecule has 76 valence electrons. The second-order valence-electron chi connectivity index (χ2n) is 2.59. The Morgan fingerprint density at radius 2 is 1.92 bits per heavy atom. The van der Waals surface area contributed by atoms with Crippen molar-refractivity contribution < 1.29 is 13.3 Å². The van der Waals surface area contributed by atoms with E-state index < -0.39 is 20.8 Å². The summed E-state index contributed by atoms with van der Waals surface area (Å²) in [5.41, 5.74) is 0. The standard InChI is InChI=1S/C5H10N2O4S2/c8-7(9)5-13(10,11)6-1-3-12-4-2-6/h1-5H2. The number of nitrogens with zero attached hydrogens (tertiary/aromatic N) is 2. The third-order valence-corrected chi connectivity index (χ3v) is 4.26. The average Bonchev–Trinajstić information content (AvgIpc) is 2.04. The van der Waals surface area contributed by atoms with Crippen molar-refractivity contribution in [3.63, 3.8) is 0 Å². The van der Waals surface area contributed by atoms with Crippen molar-refractivity contribution in [1.82, 2.24) is 4.31 Å². The van der Waals surface area contributed by atoms with Gasteiger partial charge < -0.3 is 0 Å². The highest BCUT2D eigenvalue weighted by Gasteiger charge is 2.28. The SMILES string of the molecule is O=[N+]([O-])CS(=O)(=O)N1CCSCC1. The lowest BCUT2D eigenvalue weighted by Gasteiger charge is -2.23. The van der Waals surface area contributed by atoms with Gasteiger partial charge in [-0.25, -0.2) is 8.42 Å². The first-order valence-corrected chi connectivity index (χ1v) is 6.46. The number of hydrogen-bond acceptors (Lipinski definition) is 5. The maximum atomic E-state index is 11.3. The largest absolute Gasteiger partial charge is 0.315 e. The van der Waals surface area contributed by atoms with Crippen LogP contribution in [0.25, 0.3) is 0 Å². The van der Waals surface area contributed by atoms with E-state index in [9.17, 15) is 18.5 Å². The molecule has 1 heterocycles. The Morgan fingerprint density at radius 1 is 1.38 bits per heavy atom. The number of rotatable bonds is 3. The van der Waals surface area contributed by atoms with E-state index in [0.29, 0.717) is 13.1 Å². The zero-order valence-electron chi connectivity index (χ0n) is 6.88. The second kappa shape index (κ2) is 4.25. The van der Waals surface area contributed by atoms with E-state index >= 15 is 0 Å². The Morgan fingerprint density at radius 3 is 2.38 bits per heavy atom. The Bertz CT molecular complexity index is 283. The molecule has 13 heavy (non-hydrogen) atoms. The minimum Gasteiger partial charge on any atom is -0.263 e. The first kappa shape index (κ1) is 10.7. The van der Waals surface area contributed by atoms with Crippen molar-refractivity contribution in [2.75, 3.05) is 30.5 Å². The van der Waals surface area contributed by atoms with Crippen LogP contribution in [0.2, 0.25) is 0 Å². The molecule has 0 bridgehead atoms. The molecule has 0 saturated carbocycles. The van der Waals surface area contributed by atoms with Crippen molar-refractivity contribution in [3.05, 3.63) is 10.1 Å². The lowest BCUT2D eigenvalue weighted by Crippen LogP contribution is -2.40. The Hall–Kier alpha value is -0.340. The van der Waals surface area contributed by atoms with Crippen LogP contribution in [0.15, 0.2) is 0 Å². The van der Waals surface area contributed by atoms with Crippen molar-refractivity contribution >= 4 is 21.8 Å². The van der Waals surface area contributed by atoms with Crippen molar-refractivity contribution in [1.29, 1.82) is 0 Å². The molecule has 1 fully saturated rings. The Balaban J connectivity index is 2.62. The summed E-state index contributed by atoms with van der Waals surface area (Å²) in [5.74, 6) is 0.450. The smallest absolute Gasteiger partial charge is 0.263 e. The van der Waals surface area contributed by atoms with Crippen molar-refractivity contribution in [2.45, 2.75) is 0 Å². The number of hydrogen-bond donors (Lipinski definition) is 0. The quantitative estimate of drug-likeness (QED) is 0.483. The highest BCUT2D eigenvalue weighted by atomic mass is 32.2. The Kier molecular flexibility index (Phi) is 3.51. The van der Waals surface area contributed by atoms with Crippen LogP contribution in [0.1, 0.15) is 0 Å². The molecule has 0 aliphatic carbocycles. The molecule has 8 heteroatoms. The molecule has 0 N–H and O–H groups in total. The summed E-state index contributed by atoms with van der Waals surface area (Å²) in [4.78, 5) is 9.24. The summed E-state index contributed by atoms with van der Waals surface area (Å²) < 4.78 is 23.7. The van der Waals surface area contributed by atoms with Gasteiger partial charge in [-0.1, -0.05) is 0 Å². The second-order valence-corrected chi connectivity index (χ2v) is 5.75. The van der Waals surface area contributed by atoms with Crippen LogP contribution >= 0.6 is 11.8 Å². The molecule has 0 unspecified atom stereocenters. The first-order valence-electron chi connectivity index (χ1n) is 3.70. The molecule has 1 aliphatic rings. The zero-order chi connectivity index (χ0) is 9.90. The number of thioether (sulfide) groups is 1. The van der Waals surface area contributed by atoms with Gasteiger partial charge in [0.1, 0.15) is 0 Å². The van der Waals surface area contributed by atoms with Gasteiger partial charge in [0.05, 0.1) is 0 Å². The van der Waals surface area contributed by atoms with Crippen LogP contribution in [0.4, 0.5) is 0 Å². The van der Waals surface area contributed by atoms with Crippen LogP contribution in [0, 0.1) is 10.1 Å². The topological polar surface area (TPSA) is 80.5 Å². The lowest BCUT2D eigenvalue weighted by molar-refractivity contribution is -0.459. The lowest BCUT2D eigenvalue weighted by atomic mass is 10.6. The molecular weight excluding hydrogens is 216 g/mol. The maximum Gasteiger partial charge on any atom is 0.315 e. The van der Waals surface area contributed by atoms with E-state index in [1.54, 1.807) is 11.8 Å². The molecule has 0 radical (unpaired) electrons. The van der Waals surface area contributed by atoms with Gasteiger partial charge in [0.25, 0.3) is 10.0 Å². The van der Waals surface area contributed by atoms with Gasteiger partial charge in [-0.05, 0) is 0 Å². The van der Waals surface area contributed by atoms with E-state index in [1.807, 2.05) is 0 Å². The van der Waals surface area contributed by atoms with Crippen LogP contribution in [-0.2, 0) is 10.0 Å². The molecule has 6 nitrogen and oxygen atoms in total. The molecule has 0 aromatic heterocycles. The molecule has 1 aliphatic heterocycles. The third kappa shape index (κ3) is 3.12. The van der Waals surface area contributed by atoms with Gasteiger partial charge >= 0.3 is 5.88 Å². The Labute approximate surface area is 80.5 Å². The number of nitro groups is 1. The van der Waals surface area contributed by atoms with Gasteiger partial charge in [-0.3, -0.25) is 10.1 Å². The van der Waals surface area contributed by atoms with E-state index in [4.69, 9.17) is 0 Å².